The molecule has 0 saturated carbocycles. The molecule has 112 valence electrons. The lowest BCUT2D eigenvalue weighted by Crippen LogP contribution is -2.42. The number of fused-ring (bicyclic) bond motifs is 1. The maximum absolute atomic E-state index is 12.5. The van der Waals surface area contributed by atoms with Crippen LogP contribution in [0.2, 0.25) is 0 Å². The Morgan fingerprint density at radius 2 is 2.25 bits per heavy atom. The number of aromatic amines is 1. The highest BCUT2D eigenvalue weighted by molar-refractivity contribution is 7.89. The van der Waals surface area contributed by atoms with Gasteiger partial charge in [-0.15, -0.1) is 0 Å². The van der Waals surface area contributed by atoms with E-state index in [1.54, 1.807) is 6.92 Å². The predicted molar refractivity (Wildman–Crippen MR) is 72.6 cm³/mol. The molecule has 3 rings (SSSR count). The number of aliphatic hydroxyl groups excluding tert-OH is 1. The lowest BCUT2D eigenvalue weighted by molar-refractivity contribution is 0.273. The first-order chi connectivity index (χ1) is 9.53. The van der Waals surface area contributed by atoms with Crippen LogP contribution in [0.4, 0.5) is 0 Å². The Morgan fingerprint density at radius 3 is 3.00 bits per heavy atom. The maximum atomic E-state index is 12.5. The molecule has 3 heterocycles. The van der Waals surface area contributed by atoms with E-state index in [-0.39, 0.29) is 23.2 Å². The van der Waals surface area contributed by atoms with Crippen molar-refractivity contribution in [2.24, 2.45) is 0 Å². The van der Waals surface area contributed by atoms with E-state index in [9.17, 15) is 13.5 Å². The van der Waals surface area contributed by atoms with E-state index in [0.29, 0.717) is 11.7 Å². The van der Waals surface area contributed by atoms with Crippen molar-refractivity contribution in [3.8, 4) is 0 Å². The average molecular weight is 300 g/mol. The molecule has 1 aromatic rings. The van der Waals surface area contributed by atoms with Crippen molar-refractivity contribution < 1.29 is 13.5 Å². The second-order valence-corrected chi connectivity index (χ2v) is 7.20. The van der Waals surface area contributed by atoms with Crippen LogP contribution in [-0.4, -0.2) is 53.8 Å². The minimum atomic E-state index is -3.64. The van der Waals surface area contributed by atoms with Gasteiger partial charge < -0.3 is 5.11 Å². The third-order valence-electron chi connectivity index (χ3n) is 4.29. The van der Waals surface area contributed by atoms with Gasteiger partial charge in [0.1, 0.15) is 10.6 Å². The van der Waals surface area contributed by atoms with Crippen molar-refractivity contribution in [1.82, 2.24) is 19.8 Å². The summed E-state index contributed by atoms with van der Waals surface area (Å²) in [4.78, 5) is 2.44. The summed E-state index contributed by atoms with van der Waals surface area (Å²) in [5.41, 5.74) is 0.638. The summed E-state index contributed by atoms with van der Waals surface area (Å²) >= 11 is 0. The minimum Gasteiger partial charge on any atom is -0.390 e. The highest BCUT2D eigenvalue weighted by Crippen LogP contribution is 2.29. The van der Waals surface area contributed by atoms with Crippen LogP contribution in [0.15, 0.2) is 4.90 Å². The number of aryl methyl sites for hydroxylation is 1. The Morgan fingerprint density at radius 1 is 1.45 bits per heavy atom. The Kier molecular flexibility index (Phi) is 3.57. The first-order valence-corrected chi connectivity index (χ1v) is 8.42. The summed E-state index contributed by atoms with van der Waals surface area (Å²) in [5, 5.41) is 15.7. The van der Waals surface area contributed by atoms with E-state index in [4.69, 9.17) is 0 Å². The van der Waals surface area contributed by atoms with Crippen molar-refractivity contribution in [2.75, 3.05) is 13.1 Å². The molecular formula is C12H20N4O3S. The number of H-pyrrole nitrogens is 1. The first-order valence-electron chi connectivity index (χ1n) is 6.94. The van der Waals surface area contributed by atoms with Gasteiger partial charge in [-0.2, -0.15) is 5.10 Å². The van der Waals surface area contributed by atoms with Gasteiger partial charge in [0.15, 0.2) is 0 Å². The molecule has 0 aliphatic carbocycles. The van der Waals surface area contributed by atoms with E-state index in [2.05, 4.69) is 19.8 Å². The van der Waals surface area contributed by atoms with Crippen LogP contribution >= 0.6 is 0 Å². The zero-order chi connectivity index (χ0) is 14.3. The minimum absolute atomic E-state index is 0.0386. The molecule has 0 amide bonds. The smallest absolute Gasteiger partial charge is 0.244 e. The van der Waals surface area contributed by atoms with E-state index >= 15 is 0 Å². The van der Waals surface area contributed by atoms with Crippen LogP contribution < -0.4 is 4.72 Å². The molecule has 20 heavy (non-hydrogen) atoms. The lowest BCUT2D eigenvalue weighted by Gasteiger charge is -2.21. The van der Waals surface area contributed by atoms with Gasteiger partial charge >= 0.3 is 0 Å². The topological polar surface area (TPSA) is 98.3 Å². The zero-order valence-electron chi connectivity index (χ0n) is 11.5. The molecule has 2 aliphatic heterocycles. The number of nitrogens with one attached hydrogen (secondary N) is 2. The second-order valence-electron chi connectivity index (χ2n) is 5.54. The third-order valence-corrected chi connectivity index (χ3v) is 5.98. The van der Waals surface area contributed by atoms with Gasteiger partial charge in [0, 0.05) is 18.6 Å². The second kappa shape index (κ2) is 5.10. The third kappa shape index (κ3) is 2.26. The molecule has 2 fully saturated rings. The number of nitrogens with zero attached hydrogens (tertiary/aromatic N) is 2. The fraction of sp³-hybridized carbons (Fsp3) is 0.750. The standard InChI is InChI=1S/C12H20N4O3S/c1-8-12(10(7-17)14-13-8)20(18,19)15-9-4-6-16-5-2-3-11(9)16/h9,11,15,17H,2-7H2,1H3,(H,13,14). The maximum Gasteiger partial charge on any atom is 0.244 e. The van der Waals surface area contributed by atoms with E-state index < -0.39 is 10.0 Å². The average Bonchev–Trinajstić information content (AvgIpc) is 3.06. The van der Waals surface area contributed by atoms with Gasteiger partial charge in [-0.25, -0.2) is 13.1 Å². The lowest BCUT2D eigenvalue weighted by atomic mass is 10.1. The molecule has 0 aromatic carbocycles. The van der Waals surface area contributed by atoms with Gasteiger partial charge in [-0.1, -0.05) is 0 Å². The summed E-state index contributed by atoms with van der Waals surface area (Å²) < 4.78 is 27.9. The van der Waals surface area contributed by atoms with Gasteiger partial charge in [0.2, 0.25) is 10.0 Å². The molecule has 2 unspecified atom stereocenters. The molecule has 7 nitrogen and oxygen atoms in total. The van der Waals surface area contributed by atoms with Crippen molar-refractivity contribution in [1.29, 1.82) is 0 Å². The Bertz CT molecular complexity index is 598. The highest BCUT2D eigenvalue weighted by Gasteiger charge is 2.40. The summed E-state index contributed by atoms with van der Waals surface area (Å²) in [7, 11) is -3.64. The zero-order valence-corrected chi connectivity index (χ0v) is 12.3. The van der Waals surface area contributed by atoms with Gasteiger partial charge in [0.05, 0.1) is 12.3 Å². The summed E-state index contributed by atoms with van der Waals surface area (Å²) in [6.07, 6.45) is 3.02. The van der Waals surface area contributed by atoms with Crippen molar-refractivity contribution in [2.45, 2.75) is 49.8 Å². The van der Waals surface area contributed by atoms with Crippen molar-refractivity contribution >= 4 is 10.0 Å². The number of rotatable bonds is 4. The number of sulfonamides is 1. The highest BCUT2D eigenvalue weighted by atomic mass is 32.2. The Balaban J connectivity index is 1.84. The number of aromatic nitrogens is 2. The Hall–Kier alpha value is -0.960. The van der Waals surface area contributed by atoms with Crippen LogP contribution in [0.5, 0.6) is 0 Å². The molecule has 1 aromatic heterocycles. The van der Waals surface area contributed by atoms with Crippen LogP contribution in [-0.2, 0) is 16.6 Å². The van der Waals surface area contributed by atoms with Crippen molar-refractivity contribution in [3.63, 3.8) is 0 Å². The van der Waals surface area contributed by atoms with Crippen molar-refractivity contribution in [3.05, 3.63) is 11.4 Å². The molecule has 2 atom stereocenters. The summed E-state index contributed by atoms with van der Waals surface area (Å²) in [6, 6.07) is 0.276. The van der Waals surface area contributed by atoms with Gasteiger partial charge in [-0.05, 0) is 32.7 Å². The molecule has 8 heteroatoms. The van der Waals surface area contributed by atoms with Gasteiger partial charge in [-0.3, -0.25) is 10.00 Å². The normalized spacial score (nSPS) is 27.1. The molecule has 2 aliphatic rings. The molecule has 3 N–H and O–H groups in total. The summed E-state index contributed by atoms with van der Waals surface area (Å²) in [5.74, 6) is 0. The fourth-order valence-electron chi connectivity index (χ4n) is 3.41. The van der Waals surface area contributed by atoms with Crippen LogP contribution in [0.3, 0.4) is 0 Å². The molecular weight excluding hydrogens is 280 g/mol. The van der Waals surface area contributed by atoms with Crippen LogP contribution in [0, 0.1) is 6.92 Å². The van der Waals surface area contributed by atoms with E-state index in [1.807, 2.05) is 0 Å². The van der Waals surface area contributed by atoms with E-state index in [0.717, 1.165) is 32.4 Å². The number of hydrogen-bond acceptors (Lipinski definition) is 5. The molecule has 0 radical (unpaired) electrons. The molecule has 0 bridgehead atoms. The predicted octanol–water partition coefficient (Wildman–Crippen LogP) is -0.275. The SMILES string of the molecule is Cc1[nH]nc(CO)c1S(=O)(=O)NC1CCN2CCCC12. The van der Waals surface area contributed by atoms with Crippen LogP contribution in [0.1, 0.15) is 30.7 Å². The quantitative estimate of drug-likeness (QED) is 0.711. The summed E-state index contributed by atoms with van der Waals surface area (Å²) in [6.45, 7) is 3.28. The number of aliphatic hydroxyl groups is 1. The first kappa shape index (κ1) is 14.0. The molecule has 2 saturated heterocycles. The van der Waals surface area contributed by atoms with Gasteiger partial charge in [0.25, 0.3) is 0 Å². The fourth-order valence-corrected chi connectivity index (χ4v) is 5.07. The largest absolute Gasteiger partial charge is 0.390 e. The van der Waals surface area contributed by atoms with E-state index in [1.165, 1.54) is 0 Å². The van der Waals surface area contributed by atoms with Crippen LogP contribution in [0.25, 0.3) is 0 Å². The molecule has 0 spiro atoms. The monoisotopic (exact) mass is 300 g/mol. The Labute approximate surface area is 118 Å². The number of hydrogen-bond donors (Lipinski definition) is 3.